The molecule has 144 valence electrons. The molecule has 2 atom stereocenters. The van der Waals surface area contributed by atoms with Gasteiger partial charge in [0.25, 0.3) is 5.91 Å². The van der Waals surface area contributed by atoms with Crippen LogP contribution >= 0.6 is 0 Å². The number of nitrogens with one attached hydrogen (secondary N) is 3. The van der Waals surface area contributed by atoms with E-state index in [0.29, 0.717) is 11.1 Å². The number of nitrogens with zero attached hydrogens (tertiary/aromatic N) is 2. The number of carbonyl (C=O) groups is 1. The van der Waals surface area contributed by atoms with Gasteiger partial charge in [0, 0.05) is 18.1 Å². The van der Waals surface area contributed by atoms with Gasteiger partial charge in [-0.15, -0.1) is 0 Å². The van der Waals surface area contributed by atoms with Crippen LogP contribution in [0.4, 0.5) is 0 Å². The zero-order valence-electron chi connectivity index (χ0n) is 15.7. The molecule has 3 aromatic rings. The summed E-state index contributed by atoms with van der Waals surface area (Å²) >= 11 is 0. The number of ether oxygens (including phenoxy) is 1. The summed E-state index contributed by atoms with van der Waals surface area (Å²) < 4.78 is 6.02. The summed E-state index contributed by atoms with van der Waals surface area (Å²) in [4.78, 5) is 13.1. The van der Waals surface area contributed by atoms with Crippen LogP contribution in [-0.4, -0.2) is 47.6 Å². The molecule has 3 N–H and O–H groups in total. The number of piperidine rings is 1. The van der Waals surface area contributed by atoms with Crippen molar-refractivity contribution in [2.45, 2.75) is 30.4 Å². The highest BCUT2D eigenvalue weighted by Crippen LogP contribution is 2.51. The van der Waals surface area contributed by atoms with E-state index < -0.39 is 0 Å². The van der Waals surface area contributed by atoms with Crippen LogP contribution in [0.2, 0.25) is 0 Å². The lowest BCUT2D eigenvalue weighted by molar-refractivity contribution is 0.00397. The molecular formula is C21H23N5O2. The lowest BCUT2D eigenvalue weighted by Crippen LogP contribution is -2.49. The predicted octanol–water partition coefficient (Wildman–Crippen LogP) is 2.08. The Hall–Kier alpha value is -2.77. The maximum absolute atomic E-state index is 13.1. The van der Waals surface area contributed by atoms with E-state index in [-0.39, 0.29) is 23.5 Å². The minimum atomic E-state index is -0.181. The van der Waals surface area contributed by atoms with E-state index in [4.69, 9.17) is 4.74 Å². The Bertz CT molecular complexity index is 1020. The first kappa shape index (κ1) is 17.3. The molecule has 0 saturated carbocycles. The number of methoxy groups -OCH3 is 1. The highest BCUT2D eigenvalue weighted by atomic mass is 16.5. The van der Waals surface area contributed by atoms with Crippen LogP contribution in [0, 0.1) is 0 Å². The van der Waals surface area contributed by atoms with Crippen molar-refractivity contribution < 1.29 is 9.53 Å². The van der Waals surface area contributed by atoms with E-state index in [9.17, 15) is 4.79 Å². The quantitative estimate of drug-likeness (QED) is 0.650. The van der Waals surface area contributed by atoms with Crippen LogP contribution in [0.25, 0.3) is 11.0 Å². The molecule has 1 aliphatic heterocycles. The second kappa shape index (κ2) is 6.68. The van der Waals surface area contributed by atoms with Crippen LogP contribution in [0.15, 0.2) is 42.5 Å². The SMILES string of the molecule is CO[C@H]1[C@H](NC(=O)c2ccc3n[nH]nc3c2)c2ccccc2C12CCNCC2. The van der Waals surface area contributed by atoms with Gasteiger partial charge in [-0.2, -0.15) is 15.4 Å². The van der Waals surface area contributed by atoms with Crippen LogP contribution in [0.1, 0.15) is 40.4 Å². The number of hydrogen-bond acceptors (Lipinski definition) is 5. The second-order valence-electron chi connectivity index (χ2n) is 7.63. The first-order chi connectivity index (χ1) is 13.7. The minimum Gasteiger partial charge on any atom is -0.378 e. The Balaban J connectivity index is 1.50. The monoisotopic (exact) mass is 377 g/mol. The average molecular weight is 377 g/mol. The van der Waals surface area contributed by atoms with Gasteiger partial charge in [-0.3, -0.25) is 4.79 Å². The lowest BCUT2D eigenvalue weighted by atomic mass is 9.72. The summed E-state index contributed by atoms with van der Waals surface area (Å²) in [6.07, 6.45) is 1.91. The molecule has 7 nitrogen and oxygen atoms in total. The topological polar surface area (TPSA) is 91.9 Å². The first-order valence-corrected chi connectivity index (χ1v) is 9.67. The van der Waals surface area contributed by atoms with Gasteiger partial charge in [0.2, 0.25) is 0 Å². The normalized spacial score (nSPS) is 23.0. The summed E-state index contributed by atoms with van der Waals surface area (Å²) in [5.41, 5.74) is 4.39. The van der Waals surface area contributed by atoms with Gasteiger partial charge in [0.05, 0.1) is 12.1 Å². The fraction of sp³-hybridized carbons (Fsp3) is 0.381. The average Bonchev–Trinajstić information content (AvgIpc) is 3.30. The molecule has 0 bridgehead atoms. The third-order valence-corrected chi connectivity index (χ3v) is 6.29. The number of benzene rings is 2. The Labute approximate surface area is 162 Å². The van der Waals surface area contributed by atoms with E-state index in [1.54, 1.807) is 25.3 Å². The summed E-state index contributed by atoms with van der Waals surface area (Å²) in [5.74, 6) is -0.127. The third-order valence-electron chi connectivity index (χ3n) is 6.29. The van der Waals surface area contributed by atoms with Crippen LogP contribution in [0.3, 0.4) is 0 Å². The number of amides is 1. The van der Waals surface area contributed by atoms with Crippen molar-refractivity contribution in [1.82, 2.24) is 26.0 Å². The molecule has 28 heavy (non-hydrogen) atoms. The molecule has 0 unspecified atom stereocenters. The Morgan fingerprint density at radius 2 is 1.93 bits per heavy atom. The fourth-order valence-electron chi connectivity index (χ4n) is 5.00. The van der Waals surface area contributed by atoms with Crippen LogP contribution < -0.4 is 10.6 Å². The summed E-state index contributed by atoms with van der Waals surface area (Å²) in [7, 11) is 1.75. The third kappa shape index (κ3) is 2.54. The van der Waals surface area contributed by atoms with E-state index >= 15 is 0 Å². The van der Waals surface area contributed by atoms with Crippen LogP contribution in [0.5, 0.6) is 0 Å². The number of aromatic amines is 1. The number of H-pyrrole nitrogens is 1. The Morgan fingerprint density at radius 3 is 2.75 bits per heavy atom. The first-order valence-electron chi connectivity index (χ1n) is 9.67. The van der Waals surface area contributed by atoms with Crippen molar-refractivity contribution in [2.24, 2.45) is 0 Å². The van der Waals surface area contributed by atoms with Gasteiger partial charge in [-0.25, -0.2) is 0 Å². The highest BCUT2D eigenvalue weighted by Gasteiger charge is 2.53. The van der Waals surface area contributed by atoms with Crippen molar-refractivity contribution in [2.75, 3.05) is 20.2 Å². The molecule has 1 fully saturated rings. The number of hydrogen-bond donors (Lipinski definition) is 3. The molecular weight excluding hydrogens is 354 g/mol. The van der Waals surface area contributed by atoms with Crippen molar-refractivity contribution in [1.29, 1.82) is 0 Å². The van der Waals surface area contributed by atoms with Crippen molar-refractivity contribution in [3.63, 3.8) is 0 Å². The van der Waals surface area contributed by atoms with Gasteiger partial charge < -0.3 is 15.4 Å². The molecule has 2 aromatic carbocycles. The molecule has 5 rings (SSSR count). The molecule has 0 radical (unpaired) electrons. The van der Waals surface area contributed by atoms with Crippen molar-refractivity contribution >= 4 is 16.9 Å². The number of aromatic nitrogens is 3. The number of fused-ring (bicyclic) bond motifs is 3. The Kier molecular flexibility index (Phi) is 4.14. The van der Waals surface area contributed by atoms with Gasteiger partial charge in [0.15, 0.2) is 0 Å². The smallest absolute Gasteiger partial charge is 0.251 e. The Morgan fingerprint density at radius 1 is 1.14 bits per heavy atom. The van der Waals surface area contributed by atoms with Gasteiger partial charge >= 0.3 is 0 Å². The minimum absolute atomic E-state index is 0.0649. The summed E-state index contributed by atoms with van der Waals surface area (Å²) in [5, 5.41) is 17.4. The molecule has 1 saturated heterocycles. The highest BCUT2D eigenvalue weighted by molar-refractivity contribution is 5.97. The zero-order valence-corrected chi connectivity index (χ0v) is 15.7. The fourth-order valence-corrected chi connectivity index (χ4v) is 5.00. The largest absolute Gasteiger partial charge is 0.378 e. The van der Waals surface area contributed by atoms with E-state index in [1.807, 2.05) is 6.07 Å². The van der Waals surface area contributed by atoms with Gasteiger partial charge in [-0.1, -0.05) is 24.3 Å². The van der Waals surface area contributed by atoms with Gasteiger partial charge in [0.1, 0.15) is 11.0 Å². The van der Waals surface area contributed by atoms with Crippen molar-refractivity contribution in [3.05, 3.63) is 59.2 Å². The molecule has 1 spiro atoms. The number of carbonyl (C=O) groups excluding carboxylic acids is 1. The summed E-state index contributed by atoms with van der Waals surface area (Å²) in [6, 6.07) is 13.6. The van der Waals surface area contributed by atoms with Crippen LogP contribution in [-0.2, 0) is 10.2 Å². The number of rotatable bonds is 3. The van der Waals surface area contributed by atoms with E-state index in [0.717, 1.165) is 37.0 Å². The summed E-state index contributed by atoms with van der Waals surface area (Å²) in [6.45, 7) is 1.91. The van der Waals surface area contributed by atoms with Crippen molar-refractivity contribution in [3.8, 4) is 0 Å². The standard InChI is InChI=1S/C21H23N5O2/c1-28-19-18(23-20(27)13-6-7-16-17(12-13)25-26-24-16)14-4-2-3-5-15(14)21(19)8-10-22-11-9-21/h2-7,12,18-19,22H,8-11H2,1H3,(H,23,27)(H,24,25,26)/t18-,19+/m1/s1. The van der Waals surface area contributed by atoms with E-state index in [1.165, 1.54) is 5.56 Å². The molecule has 1 aliphatic carbocycles. The maximum atomic E-state index is 13.1. The molecule has 7 heteroatoms. The second-order valence-corrected chi connectivity index (χ2v) is 7.63. The maximum Gasteiger partial charge on any atom is 0.251 e. The predicted molar refractivity (Wildman–Crippen MR) is 105 cm³/mol. The van der Waals surface area contributed by atoms with E-state index in [2.05, 4.69) is 44.2 Å². The zero-order chi connectivity index (χ0) is 19.1. The molecule has 2 heterocycles. The lowest BCUT2D eigenvalue weighted by Gasteiger charge is -2.40. The van der Waals surface area contributed by atoms with Gasteiger partial charge in [-0.05, 0) is 55.3 Å². The molecule has 1 amide bonds. The molecule has 2 aliphatic rings. The molecule has 1 aromatic heterocycles.